The molecule has 0 bridgehead atoms. The molecule has 0 heterocycles. The zero-order valence-electron chi connectivity index (χ0n) is 12.7. The highest BCUT2D eigenvalue weighted by molar-refractivity contribution is 7.98. The molecule has 20 heavy (non-hydrogen) atoms. The predicted molar refractivity (Wildman–Crippen MR) is 89.6 cm³/mol. The molecule has 0 aliphatic rings. The summed E-state index contributed by atoms with van der Waals surface area (Å²) in [6.07, 6.45) is 3.17. The molecule has 1 N–H and O–H groups in total. The largest absolute Gasteiger partial charge is 0.313 e. The van der Waals surface area contributed by atoms with Crippen molar-refractivity contribution in [3.8, 4) is 0 Å². The van der Waals surface area contributed by atoms with E-state index in [0.29, 0.717) is 6.04 Å². The van der Waals surface area contributed by atoms with Gasteiger partial charge in [0.05, 0.1) is 0 Å². The molecular weight excluding hydrogens is 262 g/mol. The molecule has 2 heteroatoms. The Hall–Kier alpha value is -1.25. The SMILES string of the molecule is CNC(Cc1cc(C)cc(C)c1)c1ccccc1SC. The molecule has 0 fully saturated rings. The zero-order valence-corrected chi connectivity index (χ0v) is 13.6. The zero-order chi connectivity index (χ0) is 14.5. The van der Waals surface area contributed by atoms with Crippen LogP contribution in [-0.2, 0) is 6.42 Å². The van der Waals surface area contributed by atoms with Crippen molar-refractivity contribution in [1.29, 1.82) is 0 Å². The van der Waals surface area contributed by atoms with E-state index in [1.54, 1.807) is 0 Å². The maximum atomic E-state index is 3.47. The average Bonchev–Trinajstić information content (AvgIpc) is 2.43. The lowest BCUT2D eigenvalue weighted by Gasteiger charge is -2.20. The normalized spacial score (nSPS) is 12.4. The number of hydrogen-bond acceptors (Lipinski definition) is 2. The molecule has 1 unspecified atom stereocenters. The fourth-order valence-electron chi connectivity index (χ4n) is 2.74. The molecule has 2 rings (SSSR count). The molecule has 2 aromatic rings. The van der Waals surface area contributed by atoms with Crippen molar-refractivity contribution >= 4 is 11.8 Å². The van der Waals surface area contributed by atoms with Gasteiger partial charge in [0.2, 0.25) is 0 Å². The molecule has 0 spiro atoms. The van der Waals surface area contributed by atoms with E-state index in [9.17, 15) is 0 Å². The van der Waals surface area contributed by atoms with Gasteiger partial charge in [-0.3, -0.25) is 0 Å². The minimum Gasteiger partial charge on any atom is -0.313 e. The van der Waals surface area contributed by atoms with Crippen LogP contribution in [0.1, 0.15) is 28.3 Å². The van der Waals surface area contributed by atoms with E-state index >= 15 is 0 Å². The maximum absolute atomic E-state index is 3.47. The number of hydrogen-bond donors (Lipinski definition) is 1. The van der Waals surface area contributed by atoms with E-state index in [4.69, 9.17) is 0 Å². The summed E-state index contributed by atoms with van der Waals surface area (Å²) in [6, 6.07) is 15.8. The van der Waals surface area contributed by atoms with Gasteiger partial charge in [-0.05, 0) is 50.8 Å². The van der Waals surface area contributed by atoms with Gasteiger partial charge in [0.25, 0.3) is 0 Å². The number of likely N-dealkylation sites (N-methyl/N-ethyl adjacent to an activating group) is 1. The molecule has 0 radical (unpaired) electrons. The molecule has 0 aliphatic heterocycles. The lowest BCUT2D eigenvalue weighted by Crippen LogP contribution is -2.19. The summed E-state index contributed by atoms with van der Waals surface area (Å²) in [7, 11) is 2.05. The Labute approximate surface area is 126 Å². The Balaban J connectivity index is 2.28. The van der Waals surface area contributed by atoms with E-state index in [0.717, 1.165) is 6.42 Å². The molecule has 2 aromatic carbocycles. The lowest BCUT2D eigenvalue weighted by molar-refractivity contribution is 0.582. The fraction of sp³-hybridized carbons (Fsp3) is 0.333. The van der Waals surface area contributed by atoms with Gasteiger partial charge in [-0.25, -0.2) is 0 Å². The third-order valence-electron chi connectivity index (χ3n) is 3.58. The highest BCUT2D eigenvalue weighted by Crippen LogP contribution is 2.28. The van der Waals surface area contributed by atoms with Crippen molar-refractivity contribution in [3.05, 3.63) is 64.7 Å². The number of nitrogens with one attached hydrogen (secondary N) is 1. The first kappa shape index (κ1) is 15.1. The highest BCUT2D eigenvalue weighted by Gasteiger charge is 2.13. The summed E-state index contributed by atoms with van der Waals surface area (Å²) in [5, 5.41) is 3.47. The van der Waals surface area contributed by atoms with Crippen molar-refractivity contribution in [2.75, 3.05) is 13.3 Å². The maximum Gasteiger partial charge on any atom is 0.0369 e. The summed E-state index contributed by atoms with van der Waals surface area (Å²) in [5.41, 5.74) is 5.47. The Kier molecular flexibility index (Phi) is 5.27. The van der Waals surface area contributed by atoms with Crippen molar-refractivity contribution < 1.29 is 0 Å². The smallest absolute Gasteiger partial charge is 0.0369 e. The van der Waals surface area contributed by atoms with Gasteiger partial charge in [0.1, 0.15) is 0 Å². The standard InChI is InChI=1S/C18H23NS/c1-13-9-14(2)11-15(10-13)12-17(19-3)16-7-5-6-8-18(16)20-4/h5-11,17,19H,12H2,1-4H3. The Morgan fingerprint density at radius 2 is 1.70 bits per heavy atom. The fourth-order valence-corrected chi connectivity index (χ4v) is 3.41. The first-order chi connectivity index (χ1) is 9.63. The third-order valence-corrected chi connectivity index (χ3v) is 4.40. The van der Waals surface area contributed by atoms with Crippen LogP contribution in [0.15, 0.2) is 47.4 Å². The van der Waals surface area contributed by atoms with E-state index in [1.165, 1.54) is 27.1 Å². The molecule has 0 saturated heterocycles. The van der Waals surface area contributed by atoms with Crippen LogP contribution >= 0.6 is 11.8 Å². The minimum atomic E-state index is 0.361. The Morgan fingerprint density at radius 1 is 1.05 bits per heavy atom. The molecule has 0 saturated carbocycles. The topological polar surface area (TPSA) is 12.0 Å². The van der Waals surface area contributed by atoms with Crippen LogP contribution < -0.4 is 5.32 Å². The summed E-state index contributed by atoms with van der Waals surface area (Å²) >= 11 is 1.82. The summed E-state index contributed by atoms with van der Waals surface area (Å²) < 4.78 is 0. The molecule has 0 aromatic heterocycles. The van der Waals surface area contributed by atoms with Gasteiger partial charge in [-0.2, -0.15) is 0 Å². The van der Waals surface area contributed by atoms with E-state index < -0.39 is 0 Å². The van der Waals surface area contributed by atoms with Crippen LogP contribution in [0.25, 0.3) is 0 Å². The summed E-state index contributed by atoms with van der Waals surface area (Å²) in [6.45, 7) is 4.33. The van der Waals surface area contributed by atoms with E-state index in [1.807, 2.05) is 18.8 Å². The molecule has 0 aliphatic carbocycles. The van der Waals surface area contributed by atoms with Crippen LogP contribution in [0.3, 0.4) is 0 Å². The number of aryl methyl sites for hydroxylation is 2. The Bertz CT molecular complexity index is 557. The second-order valence-electron chi connectivity index (χ2n) is 5.28. The molecule has 106 valence electrons. The van der Waals surface area contributed by atoms with Gasteiger partial charge >= 0.3 is 0 Å². The van der Waals surface area contributed by atoms with Crippen molar-refractivity contribution in [3.63, 3.8) is 0 Å². The van der Waals surface area contributed by atoms with Crippen LogP contribution in [-0.4, -0.2) is 13.3 Å². The molecule has 1 nitrogen and oxygen atoms in total. The van der Waals surface area contributed by atoms with Crippen LogP contribution in [0, 0.1) is 13.8 Å². The van der Waals surface area contributed by atoms with E-state index in [-0.39, 0.29) is 0 Å². The number of rotatable bonds is 5. The minimum absolute atomic E-state index is 0.361. The van der Waals surface area contributed by atoms with Gasteiger partial charge in [0, 0.05) is 10.9 Å². The highest BCUT2D eigenvalue weighted by atomic mass is 32.2. The van der Waals surface area contributed by atoms with Crippen molar-refractivity contribution in [2.24, 2.45) is 0 Å². The second-order valence-corrected chi connectivity index (χ2v) is 6.13. The number of benzene rings is 2. The first-order valence-corrected chi connectivity index (χ1v) is 8.24. The molecular formula is C18H23NS. The molecule has 0 amide bonds. The van der Waals surface area contributed by atoms with Crippen LogP contribution in [0.4, 0.5) is 0 Å². The van der Waals surface area contributed by atoms with Crippen molar-refractivity contribution in [2.45, 2.75) is 31.2 Å². The monoisotopic (exact) mass is 285 g/mol. The van der Waals surface area contributed by atoms with Gasteiger partial charge in [0.15, 0.2) is 0 Å². The van der Waals surface area contributed by atoms with E-state index in [2.05, 4.69) is 67.9 Å². The van der Waals surface area contributed by atoms with Crippen LogP contribution in [0.5, 0.6) is 0 Å². The first-order valence-electron chi connectivity index (χ1n) is 7.01. The summed E-state index contributed by atoms with van der Waals surface area (Å²) in [4.78, 5) is 1.36. The summed E-state index contributed by atoms with van der Waals surface area (Å²) in [5.74, 6) is 0. The predicted octanol–water partition coefficient (Wildman–Crippen LogP) is 4.53. The van der Waals surface area contributed by atoms with Gasteiger partial charge in [-0.15, -0.1) is 11.8 Å². The number of thioether (sulfide) groups is 1. The second kappa shape index (κ2) is 6.96. The van der Waals surface area contributed by atoms with Crippen molar-refractivity contribution in [1.82, 2.24) is 5.32 Å². The van der Waals surface area contributed by atoms with Crippen LogP contribution in [0.2, 0.25) is 0 Å². The van der Waals surface area contributed by atoms with Gasteiger partial charge in [-0.1, -0.05) is 47.5 Å². The lowest BCUT2D eigenvalue weighted by atomic mass is 9.96. The quantitative estimate of drug-likeness (QED) is 0.810. The third kappa shape index (κ3) is 3.65. The van der Waals surface area contributed by atoms with Gasteiger partial charge < -0.3 is 5.32 Å². The Morgan fingerprint density at radius 3 is 2.30 bits per heavy atom. The molecule has 1 atom stereocenters. The average molecular weight is 285 g/mol.